The Morgan fingerprint density at radius 2 is 1.48 bits per heavy atom. The molecule has 6 nitrogen and oxygen atoms in total. The molecule has 0 atom stereocenters. The highest BCUT2D eigenvalue weighted by molar-refractivity contribution is 5.88. The van der Waals surface area contributed by atoms with Crippen molar-refractivity contribution in [3.8, 4) is 0 Å². The molecule has 0 aliphatic carbocycles. The van der Waals surface area contributed by atoms with Gasteiger partial charge in [0, 0.05) is 24.8 Å². The Kier molecular flexibility index (Phi) is 8.46. The third-order valence-electron chi connectivity index (χ3n) is 3.50. The molecule has 0 radical (unpaired) electrons. The minimum atomic E-state index is -0.115. The Labute approximate surface area is 153 Å². The van der Waals surface area contributed by atoms with Crippen molar-refractivity contribution in [1.29, 1.82) is 0 Å². The molecule has 7 heteroatoms. The molecular formula is C18H23ClN4O2. The van der Waals surface area contributed by atoms with Gasteiger partial charge in [-0.05, 0) is 41.8 Å². The molecular weight excluding hydrogens is 340 g/mol. The summed E-state index contributed by atoms with van der Waals surface area (Å²) in [5.41, 5.74) is 6.19. The lowest BCUT2D eigenvalue weighted by Crippen LogP contribution is -2.27. The second kappa shape index (κ2) is 10.3. The fraction of sp³-hybridized carbons (Fsp3) is 0.222. The summed E-state index contributed by atoms with van der Waals surface area (Å²) >= 11 is 0. The van der Waals surface area contributed by atoms with Gasteiger partial charge in [-0.2, -0.15) is 0 Å². The van der Waals surface area contributed by atoms with Gasteiger partial charge in [-0.15, -0.1) is 12.4 Å². The summed E-state index contributed by atoms with van der Waals surface area (Å²) < 4.78 is 0. The van der Waals surface area contributed by atoms with E-state index in [1.807, 2.05) is 36.4 Å². The third kappa shape index (κ3) is 7.24. The SMILES string of the molecule is CC(=O)Nc1ccc(CC(=O)NCCc2ccc(NN)cc2)cc1.Cl. The second-order valence-corrected chi connectivity index (χ2v) is 5.50. The molecule has 2 amide bonds. The van der Waals surface area contributed by atoms with Crippen LogP contribution in [0.4, 0.5) is 11.4 Å². The van der Waals surface area contributed by atoms with E-state index in [1.165, 1.54) is 6.92 Å². The van der Waals surface area contributed by atoms with Crippen molar-refractivity contribution < 1.29 is 9.59 Å². The van der Waals surface area contributed by atoms with Crippen LogP contribution >= 0.6 is 12.4 Å². The lowest BCUT2D eigenvalue weighted by atomic mass is 10.1. The molecule has 0 aliphatic rings. The van der Waals surface area contributed by atoms with Gasteiger partial charge in [-0.3, -0.25) is 15.4 Å². The largest absolute Gasteiger partial charge is 0.355 e. The van der Waals surface area contributed by atoms with Crippen molar-refractivity contribution in [2.45, 2.75) is 19.8 Å². The maximum Gasteiger partial charge on any atom is 0.224 e. The van der Waals surface area contributed by atoms with Gasteiger partial charge in [0.05, 0.1) is 6.42 Å². The Balaban J connectivity index is 0.00000312. The first kappa shape index (κ1) is 20.5. The molecule has 0 spiro atoms. The molecule has 0 saturated heterocycles. The number of rotatable bonds is 7. The standard InChI is InChI=1S/C18H22N4O2.ClH/c1-13(23)21-16-6-4-15(5-7-16)12-18(24)20-11-10-14-2-8-17(22-19)9-3-14;/h2-9,22H,10-12,19H2,1H3,(H,20,24)(H,21,23);1H. The highest BCUT2D eigenvalue weighted by Gasteiger charge is 2.04. The van der Waals surface area contributed by atoms with Crippen LogP contribution in [0.1, 0.15) is 18.1 Å². The van der Waals surface area contributed by atoms with Crippen molar-refractivity contribution in [2.75, 3.05) is 17.3 Å². The molecule has 2 aromatic carbocycles. The van der Waals surface area contributed by atoms with Crippen LogP contribution in [-0.4, -0.2) is 18.4 Å². The molecule has 0 bridgehead atoms. The van der Waals surface area contributed by atoms with Gasteiger partial charge in [0.25, 0.3) is 0 Å². The van der Waals surface area contributed by atoms with Crippen LogP contribution in [-0.2, 0) is 22.4 Å². The predicted octanol–water partition coefficient (Wildman–Crippen LogP) is 2.25. The first-order valence-electron chi connectivity index (χ1n) is 7.75. The van der Waals surface area contributed by atoms with Crippen molar-refractivity contribution >= 4 is 35.6 Å². The average Bonchev–Trinajstić information content (AvgIpc) is 2.57. The van der Waals surface area contributed by atoms with Crippen LogP contribution in [0.2, 0.25) is 0 Å². The molecule has 134 valence electrons. The first-order valence-corrected chi connectivity index (χ1v) is 7.75. The lowest BCUT2D eigenvalue weighted by molar-refractivity contribution is -0.120. The van der Waals surface area contributed by atoms with Crippen LogP contribution in [0.15, 0.2) is 48.5 Å². The Bertz CT molecular complexity index is 687. The third-order valence-corrected chi connectivity index (χ3v) is 3.50. The van der Waals surface area contributed by atoms with Gasteiger partial charge in [-0.25, -0.2) is 0 Å². The molecule has 0 heterocycles. The maximum absolute atomic E-state index is 12.0. The van der Waals surface area contributed by atoms with E-state index in [2.05, 4.69) is 16.1 Å². The lowest BCUT2D eigenvalue weighted by Gasteiger charge is -2.07. The number of hydrogen-bond acceptors (Lipinski definition) is 4. The van der Waals surface area contributed by atoms with E-state index in [0.29, 0.717) is 13.0 Å². The monoisotopic (exact) mass is 362 g/mol. The Hall–Kier alpha value is -2.57. The summed E-state index contributed by atoms with van der Waals surface area (Å²) in [5, 5.41) is 5.60. The van der Waals surface area contributed by atoms with E-state index < -0.39 is 0 Å². The molecule has 0 fully saturated rings. The van der Waals surface area contributed by atoms with E-state index in [4.69, 9.17) is 5.84 Å². The van der Waals surface area contributed by atoms with Crippen LogP contribution in [0, 0.1) is 0 Å². The summed E-state index contributed by atoms with van der Waals surface area (Å²) in [6.07, 6.45) is 1.08. The van der Waals surface area contributed by atoms with Gasteiger partial charge in [0.1, 0.15) is 0 Å². The quantitative estimate of drug-likeness (QED) is 0.448. The highest BCUT2D eigenvalue weighted by Crippen LogP contribution is 2.10. The molecule has 25 heavy (non-hydrogen) atoms. The number of hydrogen-bond donors (Lipinski definition) is 4. The normalized spacial score (nSPS) is 9.68. The number of benzene rings is 2. The smallest absolute Gasteiger partial charge is 0.224 e. The van der Waals surface area contributed by atoms with E-state index in [-0.39, 0.29) is 24.2 Å². The van der Waals surface area contributed by atoms with Gasteiger partial charge in [0.15, 0.2) is 0 Å². The van der Waals surface area contributed by atoms with E-state index in [0.717, 1.165) is 28.9 Å². The van der Waals surface area contributed by atoms with E-state index in [1.54, 1.807) is 12.1 Å². The second-order valence-electron chi connectivity index (χ2n) is 5.50. The molecule has 5 N–H and O–H groups in total. The number of nitrogen functional groups attached to an aromatic ring is 1. The average molecular weight is 363 g/mol. The molecule has 0 aromatic heterocycles. The molecule has 0 aliphatic heterocycles. The summed E-state index contributed by atoms with van der Waals surface area (Å²) in [4.78, 5) is 22.9. The van der Waals surface area contributed by atoms with Crippen molar-refractivity contribution in [3.05, 3.63) is 59.7 Å². The minimum Gasteiger partial charge on any atom is -0.355 e. The molecule has 0 saturated carbocycles. The van der Waals surface area contributed by atoms with Crippen LogP contribution in [0.25, 0.3) is 0 Å². The Morgan fingerprint density at radius 3 is 2.04 bits per heavy atom. The van der Waals surface area contributed by atoms with E-state index in [9.17, 15) is 9.59 Å². The Morgan fingerprint density at radius 1 is 0.920 bits per heavy atom. The maximum atomic E-state index is 12.0. The van der Waals surface area contributed by atoms with Gasteiger partial charge in [-0.1, -0.05) is 24.3 Å². The number of halogens is 1. The number of carbonyl (C=O) groups excluding carboxylic acids is 2. The van der Waals surface area contributed by atoms with Crippen LogP contribution in [0.3, 0.4) is 0 Å². The van der Waals surface area contributed by atoms with Gasteiger partial charge < -0.3 is 16.1 Å². The number of nitrogens with two attached hydrogens (primary N) is 1. The van der Waals surface area contributed by atoms with Gasteiger partial charge in [0.2, 0.25) is 11.8 Å². The zero-order valence-electron chi connectivity index (χ0n) is 14.0. The van der Waals surface area contributed by atoms with Crippen LogP contribution < -0.4 is 21.9 Å². The van der Waals surface area contributed by atoms with Crippen molar-refractivity contribution in [2.24, 2.45) is 5.84 Å². The van der Waals surface area contributed by atoms with Crippen molar-refractivity contribution in [1.82, 2.24) is 5.32 Å². The van der Waals surface area contributed by atoms with E-state index >= 15 is 0 Å². The number of amides is 2. The summed E-state index contributed by atoms with van der Waals surface area (Å²) in [6, 6.07) is 15.0. The fourth-order valence-corrected chi connectivity index (χ4v) is 2.27. The highest BCUT2D eigenvalue weighted by atomic mass is 35.5. The summed E-state index contributed by atoms with van der Waals surface area (Å²) in [6.45, 7) is 2.04. The number of nitrogens with one attached hydrogen (secondary N) is 3. The van der Waals surface area contributed by atoms with Crippen LogP contribution in [0.5, 0.6) is 0 Å². The number of anilines is 2. The number of hydrazine groups is 1. The first-order chi connectivity index (χ1) is 11.6. The van der Waals surface area contributed by atoms with Gasteiger partial charge >= 0.3 is 0 Å². The topological polar surface area (TPSA) is 96.2 Å². The predicted molar refractivity (Wildman–Crippen MR) is 103 cm³/mol. The summed E-state index contributed by atoms with van der Waals surface area (Å²) in [7, 11) is 0. The minimum absolute atomic E-state index is 0. The summed E-state index contributed by atoms with van der Waals surface area (Å²) in [5.74, 6) is 5.18. The molecule has 2 aromatic rings. The van der Waals surface area contributed by atoms with Crippen molar-refractivity contribution in [3.63, 3.8) is 0 Å². The molecule has 2 rings (SSSR count). The zero-order chi connectivity index (χ0) is 17.4. The zero-order valence-corrected chi connectivity index (χ0v) is 14.9. The fourth-order valence-electron chi connectivity index (χ4n) is 2.27. The molecule has 0 unspecified atom stereocenters. The number of carbonyl (C=O) groups is 2.